The lowest BCUT2D eigenvalue weighted by atomic mass is 10.1. The molecule has 22 heavy (non-hydrogen) atoms. The summed E-state index contributed by atoms with van der Waals surface area (Å²) in [5.41, 5.74) is 0.0785. The number of hydrogen-bond acceptors (Lipinski definition) is 7. The van der Waals surface area contributed by atoms with E-state index in [2.05, 4.69) is 0 Å². The van der Waals surface area contributed by atoms with Gasteiger partial charge in [-0.05, 0) is 43.0 Å². The first-order valence-electron chi connectivity index (χ1n) is 6.23. The highest BCUT2D eigenvalue weighted by atomic mass is 32.2. The predicted molar refractivity (Wildman–Crippen MR) is 77.6 cm³/mol. The van der Waals surface area contributed by atoms with E-state index < -0.39 is 28.0 Å². The molecule has 9 heteroatoms. The molecule has 1 aromatic carbocycles. The van der Waals surface area contributed by atoms with Crippen LogP contribution in [0.15, 0.2) is 23.1 Å². The summed E-state index contributed by atoms with van der Waals surface area (Å²) in [5.74, 6) is -2.61. The molecule has 0 aliphatic carbocycles. The zero-order chi connectivity index (χ0) is 16.9. The Balaban J connectivity index is 3.10. The molecule has 0 amide bonds. The van der Waals surface area contributed by atoms with Gasteiger partial charge in [0.25, 0.3) is 0 Å². The standard InChI is InChI=1S/C13H17NO6S2/c1-8-3-4-9(7-10(8)12(15)16)22(19,20)14-11(13(17)18)5-6-21-2/h3-4,7,11,14H,5-6H2,1-2H3,(H,15,16)(H,17,18)/p-2/t11-/m1/s1. The number of rotatable bonds is 8. The lowest BCUT2D eigenvalue weighted by Gasteiger charge is -2.20. The van der Waals surface area contributed by atoms with Gasteiger partial charge in [0.1, 0.15) is 0 Å². The number of carbonyl (C=O) groups excluding carboxylic acids is 2. The highest BCUT2D eigenvalue weighted by Crippen LogP contribution is 2.16. The fraction of sp³-hybridized carbons (Fsp3) is 0.385. The molecule has 1 rings (SSSR count). The minimum Gasteiger partial charge on any atom is -0.548 e. The molecule has 1 N–H and O–H groups in total. The Kier molecular flexibility index (Phi) is 6.39. The van der Waals surface area contributed by atoms with E-state index in [0.717, 1.165) is 6.07 Å². The van der Waals surface area contributed by atoms with E-state index in [1.165, 1.54) is 30.8 Å². The van der Waals surface area contributed by atoms with Crippen LogP contribution in [0.25, 0.3) is 0 Å². The number of benzene rings is 1. The zero-order valence-corrected chi connectivity index (χ0v) is 13.6. The molecular formula is C13H15NO6S2-2. The lowest BCUT2D eigenvalue weighted by Crippen LogP contribution is -2.48. The lowest BCUT2D eigenvalue weighted by molar-refractivity contribution is -0.308. The average Bonchev–Trinajstić information content (AvgIpc) is 2.43. The van der Waals surface area contributed by atoms with Crippen molar-refractivity contribution in [1.82, 2.24) is 4.72 Å². The highest BCUT2D eigenvalue weighted by molar-refractivity contribution is 7.98. The van der Waals surface area contributed by atoms with Crippen molar-refractivity contribution in [1.29, 1.82) is 0 Å². The second-order valence-electron chi connectivity index (χ2n) is 4.54. The minimum absolute atomic E-state index is 0.0575. The number of nitrogens with one attached hydrogen (secondary N) is 1. The quantitative estimate of drug-likeness (QED) is 0.608. The Bertz CT molecular complexity index is 671. The van der Waals surface area contributed by atoms with Crippen molar-refractivity contribution in [3.63, 3.8) is 0 Å². The van der Waals surface area contributed by atoms with Gasteiger partial charge in [-0.1, -0.05) is 6.07 Å². The molecule has 0 aliphatic rings. The molecule has 0 saturated carbocycles. The molecule has 0 fully saturated rings. The molecule has 0 spiro atoms. The number of sulfonamides is 1. The van der Waals surface area contributed by atoms with Gasteiger partial charge in [0.15, 0.2) is 0 Å². The number of aryl methyl sites for hydroxylation is 1. The smallest absolute Gasteiger partial charge is 0.241 e. The first-order valence-corrected chi connectivity index (χ1v) is 9.11. The monoisotopic (exact) mass is 345 g/mol. The van der Waals surface area contributed by atoms with Crippen molar-refractivity contribution in [3.8, 4) is 0 Å². The van der Waals surface area contributed by atoms with E-state index in [1.54, 1.807) is 6.26 Å². The van der Waals surface area contributed by atoms with Crippen LogP contribution in [-0.2, 0) is 14.8 Å². The second-order valence-corrected chi connectivity index (χ2v) is 7.24. The SMILES string of the molecule is CSCC[C@@H](NS(=O)(=O)c1ccc(C)c(C(=O)[O-])c1)C(=O)[O-]. The summed E-state index contributed by atoms with van der Waals surface area (Å²) in [7, 11) is -4.18. The van der Waals surface area contributed by atoms with E-state index in [9.17, 15) is 28.2 Å². The molecule has 122 valence electrons. The van der Waals surface area contributed by atoms with E-state index in [1.807, 2.05) is 4.72 Å². The van der Waals surface area contributed by atoms with Crippen molar-refractivity contribution in [2.24, 2.45) is 0 Å². The van der Waals surface area contributed by atoms with Crippen LogP contribution in [0.3, 0.4) is 0 Å². The summed E-state index contributed by atoms with van der Waals surface area (Å²) in [6, 6.07) is 2.07. The van der Waals surface area contributed by atoms with Gasteiger partial charge >= 0.3 is 0 Å². The van der Waals surface area contributed by atoms with Crippen molar-refractivity contribution in [2.75, 3.05) is 12.0 Å². The van der Waals surface area contributed by atoms with Crippen molar-refractivity contribution in [3.05, 3.63) is 29.3 Å². The molecule has 0 aromatic heterocycles. The maximum Gasteiger partial charge on any atom is 0.241 e. The van der Waals surface area contributed by atoms with Crippen LogP contribution in [0.1, 0.15) is 22.3 Å². The Morgan fingerprint density at radius 2 is 1.95 bits per heavy atom. The number of hydrogen-bond donors (Lipinski definition) is 1. The number of carbonyl (C=O) groups is 2. The molecule has 0 saturated heterocycles. The number of carboxylic acid groups (broad SMARTS) is 2. The average molecular weight is 345 g/mol. The number of carboxylic acids is 2. The largest absolute Gasteiger partial charge is 0.548 e. The molecular weight excluding hydrogens is 330 g/mol. The maximum atomic E-state index is 12.2. The summed E-state index contributed by atoms with van der Waals surface area (Å²) in [6.07, 6.45) is 1.81. The predicted octanol–water partition coefficient (Wildman–Crippen LogP) is -1.49. The third-order valence-corrected chi connectivity index (χ3v) is 5.05. The van der Waals surface area contributed by atoms with Gasteiger partial charge < -0.3 is 19.8 Å². The topological polar surface area (TPSA) is 126 Å². The van der Waals surface area contributed by atoms with Crippen LogP contribution in [-0.4, -0.2) is 38.4 Å². The third-order valence-electron chi connectivity index (χ3n) is 2.93. The van der Waals surface area contributed by atoms with Gasteiger partial charge in [0.2, 0.25) is 10.0 Å². The molecule has 0 bridgehead atoms. The van der Waals surface area contributed by atoms with Gasteiger partial charge in [-0.3, -0.25) is 0 Å². The number of aromatic carboxylic acids is 1. The Morgan fingerprint density at radius 1 is 1.32 bits per heavy atom. The van der Waals surface area contributed by atoms with Gasteiger partial charge in [0, 0.05) is 5.56 Å². The molecule has 0 heterocycles. The first-order chi connectivity index (χ1) is 10.2. The van der Waals surface area contributed by atoms with E-state index in [4.69, 9.17) is 0 Å². The first kappa shape index (κ1) is 18.5. The van der Waals surface area contributed by atoms with Crippen LogP contribution in [0.2, 0.25) is 0 Å². The van der Waals surface area contributed by atoms with Crippen LogP contribution < -0.4 is 14.9 Å². The number of aliphatic carboxylic acids is 1. The summed E-state index contributed by atoms with van der Waals surface area (Å²) in [5, 5.41) is 21.9. The van der Waals surface area contributed by atoms with Crippen LogP contribution >= 0.6 is 11.8 Å². The highest BCUT2D eigenvalue weighted by Gasteiger charge is 2.21. The van der Waals surface area contributed by atoms with Gasteiger partial charge in [0.05, 0.1) is 22.9 Å². The minimum atomic E-state index is -4.18. The Morgan fingerprint density at radius 3 is 2.45 bits per heavy atom. The molecule has 1 aromatic rings. The van der Waals surface area contributed by atoms with Crippen molar-refractivity contribution < 1.29 is 28.2 Å². The molecule has 0 aliphatic heterocycles. The van der Waals surface area contributed by atoms with Crippen molar-refractivity contribution >= 4 is 33.7 Å². The Labute approximate surface area is 132 Å². The van der Waals surface area contributed by atoms with Gasteiger partial charge in [-0.15, -0.1) is 0 Å². The molecule has 0 radical (unpaired) electrons. The summed E-state index contributed by atoms with van der Waals surface area (Å²) >= 11 is 1.37. The summed E-state index contributed by atoms with van der Waals surface area (Å²) in [6.45, 7) is 1.50. The fourth-order valence-corrected chi connectivity index (χ4v) is 3.42. The van der Waals surface area contributed by atoms with E-state index >= 15 is 0 Å². The molecule has 1 atom stereocenters. The Hall–Kier alpha value is -1.58. The fourth-order valence-electron chi connectivity index (χ4n) is 1.70. The van der Waals surface area contributed by atoms with Crippen LogP contribution in [0, 0.1) is 6.92 Å². The van der Waals surface area contributed by atoms with E-state index in [0.29, 0.717) is 11.3 Å². The van der Waals surface area contributed by atoms with Crippen LogP contribution in [0.4, 0.5) is 0 Å². The summed E-state index contributed by atoms with van der Waals surface area (Å²) in [4.78, 5) is 21.6. The van der Waals surface area contributed by atoms with Crippen LogP contribution in [0.5, 0.6) is 0 Å². The van der Waals surface area contributed by atoms with Crippen molar-refractivity contribution in [2.45, 2.75) is 24.3 Å². The number of thioether (sulfide) groups is 1. The summed E-state index contributed by atoms with van der Waals surface area (Å²) < 4.78 is 26.4. The van der Waals surface area contributed by atoms with E-state index in [-0.39, 0.29) is 16.9 Å². The third kappa shape index (κ3) is 4.72. The zero-order valence-electron chi connectivity index (χ0n) is 12.0. The molecule has 7 nitrogen and oxygen atoms in total. The molecule has 0 unspecified atom stereocenters. The second kappa shape index (κ2) is 7.61. The maximum absolute atomic E-state index is 12.2. The van der Waals surface area contributed by atoms with Gasteiger partial charge in [-0.2, -0.15) is 11.8 Å². The van der Waals surface area contributed by atoms with Gasteiger partial charge in [-0.25, -0.2) is 13.1 Å². The normalized spacial score (nSPS) is 12.8.